The molecule has 3 N–H and O–H groups in total. The van der Waals surface area contributed by atoms with E-state index in [2.05, 4.69) is 25.3 Å². The van der Waals surface area contributed by atoms with Crippen LogP contribution in [0.1, 0.15) is 18.4 Å². The minimum absolute atomic E-state index is 0. The predicted octanol–water partition coefficient (Wildman–Crippen LogP) is 4.20. The van der Waals surface area contributed by atoms with Gasteiger partial charge >= 0.3 is 0 Å². The van der Waals surface area contributed by atoms with Crippen LogP contribution in [0, 0.1) is 6.57 Å². The highest BCUT2D eigenvalue weighted by Gasteiger charge is 2.32. The molecule has 0 amide bonds. The second-order valence-corrected chi connectivity index (χ2v) is 8.31. The number of fused-ring (bicyclic) bond motifs is 1. The summed E-state index contributed by atoms with van der Waals surface area (Å²) in [6.07, 6.45) is 0.899. The van der Waals surface area contributed by atoms with E-state index < -0.39 is 5.60 Å². The summed E-state index contributed by atoms with van der Waals surface area (Å²) >= 11 is 6.23. The summed E-state index contributed by atoms with van der Waals surface area (Å²) < 4.78 is 5.20. The molecule has 0 saturated carbocycles. The van der Waals surface area contributed by atoms with E-state index in [9.17, 15) is 10.2 Å². The van der Waals surface area contributed by atoms with E-state index in [1.165, 1.54) is 0 Å². The molecule has 1 fully saturated rings. The summed E-state index contributed by atoms with van der Waals surface area (Å²) in [7, 11) is 1.57. The number of aliphatic hydroxyl groups excluding tert-OH is 1. The van der Waals surface area contributed by atoms with Crippen molar-refractivity contribution >= 4 is 52.1 Å². The summed E-state index contributed by atoms with van der Waals surface area (Å²) in [5.41, 5.74) is 0.425. The van der Waals surface area contributed by atoms with Crippen LogP contribution in [-0.4, -0.2) is 52.8 Å². The zero-order valence-electron chi connectivity index (χ0n) is 18.1. The van der Waals surface area contributed by atoms with Gasteiger partial charge in [0.1, 0.15) is 5.75 Å². The van der Waals surface area contributed by atoms with Crippen molar-refractivity contribution in [2.24, 2.45) is 0 Å². The average molecular weight is 490 g/mol. The molecule has 0 unspecified atom stereocenters. The number of aliphatic hydroxyl groups is 2. The lowest BCUT2D eigenvalue weighted by Crippen LogP contribution is -2.47. The molecule has 2 heterocycles. The molecule has 10 heteroatoms. The molecule has 1 saturated heterocycles. The van der Waals surface area contributed by atoms with Crippen LogP contribution >= 0.6 is 24.0 Å². The maximum absolute atomic E-state index is 10.3. The van der Waals surface area contributed by atoms with Gasteiger partial charge < -0.3 is 25.2 Å². The van der Waals surface area contributed by atoms with Crippen LogP contribution in [-0.2, 0) is 6.54 Å². The number of aromatic nitrogens is 2. The molecule has 0 bridgehead atoms. The topological polar surface area (TPSA) is 95.1 Å². The minimum atomic E-state index is -1.04. The highest BCUT2D eigenvalue weighted by Crippen LogP contribution is 2.34. The molecular formula is C23H25Cl2N5O3. The van der Waals surface area contributed by atoms with Crippen molar-refractivity contribution in [2.75, 3.05) is 37.0 Å². The van der Waals surface area contributed by atoms with Crippen LogP contribution in [0.2, 0.25) is 5.02 Å². The molecule has 1 aromatic heterocycles. The lowest BCUT2D eigenvalue weighted by atomic mass is 9.92. The highest BCUT2D eigenvalue weighted by atomic mass is 35.5. The van der Waals surface area contributed by atoms with Crippen molar-refractivity contribution < 1.29 is 14.9 Å². The van der Waals surface area contributed by atoms with Crippen LogP contribution in [0.5, 0.6) is 5.75 Å². The molecule has 3 aromatic rings. The summed E-state index contributed by atoms with van der Waals surface area (Å²) in [5.74, 6) is 1.89. The Morgan fingerprint density at radius 1 is 1.18 bits per heavy atom. The predicted molar refractivity (Wildman–Crippen MR) is 132 cm³/mol. The van der Waals surface area contributed by atoms with Crippen molar-refractivity contribution in [3.8, 4) is 5.75 Å². The van der Waals surface area contributed by atoms with Gasteiger partial charge in [-0.15, -0.1) is 22.6 Å². The molecule has 174 valence electrons. The van der Waals surface area contributed by atoms with Crippen LogP contribution in [0.25, 0.3) is 15.6 Å². The summed E-state index contributed by atoms with van der Waals surface area (Å²) in [6.45, 7) is 8.72. The van der Waals surface area contributed by atoms with Gasteiger partial charge in [-0.3, -0.25) is 0 Å². The molecular weight excluding hydrogens is 465 g/mol. The number of anilines is 2. The van der Waals surface area contributed by atoms with Gasteiger partial charge in [0, 0.05) is 30.4 Å². The van der Waals surface area contributed by atoms with Crippen LogP contribution in [0.4, 0.5) is 17.3 Å². The largest absolute Gasteiger partial charge is 0.495 e. The maximum atomic E-state index is 10.3. The zero-order chi connectivity index (χ0) is 22.7. The van der Waals surface area contributed by atoms with Crippen molar-refractivity contribution in [1.29, 1.82) is 0 Å². The van der Waals surface area contributed by atoms with Gasteiger partial charge in [0.2, 0.25) is 0 Å². The third-order valence-corrected chi connectivity index (χ3v) is 6.13. The number of methoxy groups -OCH3 is 1. The van der Waals surface area contributed by atoms with Crippen LogP contribution in [0.3, 0.4) is 0 Å². The molecule has 1 aliphatic heterocycles. The number of nitrogens with one attached hydrogen (secondary N) is 1. The first-order valence-corrected chi connectivity index (χ1v) is 10.7. The first-order valence-electron chi connectivity index (χ1n) is 10.3. The Morgan fingerprint density at radius 3 is 2.58 bits per heavy atom. The van der Waals surface area contributed by atoms with Crippen LogP contribution < -0.4 is 15.0 Å². The monoisotopic (exact) mass is 489 g/mol. The Kier molecular flexibility index (Phi) is 7.82. The van der Waals surface area contributed by atoms with Crippen molar-refractivity contribution in [3.05, 3.63) is 58.4 Å². The van der Waals surface area contributed by atoms with Gasteiger partial charge in [-0.05, 0) is 36.6 Å². The van der Waals surface area contributed by atoms with E-state index in [1.54, 1.807) is 19.2 Å². The molecule has 0 spiro atoms. The summed E-state index contributed by atoms with van der Waals surface area (Å²) in [5, 5.41) is 34.1. The standard InChI is InChI=1S/C23H24ClN5O3.ClH/c1-25-16-4-5-17-18(12-16)21(26-13-15-3-6-20(32-2)19(24)11-15)27-28-22(17)29-9-7-23(31,14-30)8-10-29;/h3-6,11-12,30-31H,7-10,13-14H2,2H3,(H,26,27);1H. The SMILES string of the molecule is Cl.[C-]#[N+]c1ccc2c(N3CCC(O)(CO)CC3)nnc(NCc3ccc(OC)c(Cl)c3)c2c1. The summed E-state index contributed by atoms with van der Waals surface area (Å²) in [6, 6.07) is 11.0. The van der Waals surface area contributed by atoms with E-state index in [-0.39, 0.29) is 19.0 Å². The van der Waals surface area contributed by atoms with Gasteiger partial charge in [0.25, 0.3) is 0 Å². The lowest BCUT2D eigenvalue weighted by molar-refractivity contribution is -0.0326. The van der Waals surface area contributed by atoms with E-state index >= 15 is 0 Å². The fraction of sp³-hybridized carbons (Fsp3) is 0.348. The summed E-state index contributed by atoms with van der Waals surface area (Å²) in [4.78, 5) is 5.61. The Balaban J connectivity index is 0.00000306. The number of benzene rings is 2. The van der Waals surface area contributed by atoms with Crippen molar-refractivity contribution in [3.63, 3.8) is 0 Å². The average Bonchev–Trinajstić information content (AvgIpc) is 2.83. The van der Waals surface area contributed by atoms with Gasteiger partial charge in [-0.2, -0.15) is 0 Å². The minimum Gasteiger partial charge on any atom is -0.495 e. The Hall–Kier alpha value is -2.83. The Bertz CT molecular complexity index is 1180. The third kappa shape index (κ3) is 5.23. The maximum Gasteiger partial charge on any atom is 0.188 e. The molecule has 2 aromatic carbocycles. The molecule has 8 nitrogen and oxygen atoms in total. The molecule has 4 rings (SSSR count). The van der Waals surface area contributed by atoms with Crippen LogP contribution in [0.15, 0.2) is 36.4 Å². The normalized spacial score (nSPS) is 14.9. The third-order valence-electron chi connectivity index (χ3n) is 5.84. The number of rotatable bonds is 6. The fourth-order valence-corrected chi connectivity index (χ4v) is 4.14. The van der Waals surface area contributed by atoms with E-state index in [4.69, 9.17) is 22.9 Å². The number of hydrogen-bond acceptors (Lipinski definition) is 7. The first-order chi connectivity index (χ1) is 15.5. The number of halogens is 2. The van der Waals surface area contributed by atoms with Crippen molar-refractivity contribution in [1.82, 2.24) is 10.2 Å². The number of ether oxygens (including phenoxy) is 1. The number of piperidine rings is 1. The smallest absolute Gasteiger partial charge is 0.188 e. The number of nitrogens with zero attached hydrogens (tertiary/aromatic N) is 4. The second kappa shape index (κ2) is 10.4. The highest BCUT2D eigenvalue weighted by molar-refractivity contribution is 6.32. The quantitative estimate of drug-likeness (QED) is 0.446. The molecule has 0 atom stereocenters. The van der Waals surface area contributed by atoms with E-state index in [0.29, 0.717) is 60.6 Å². The molecule has 0 radical (unpaired) electrons. The Morgan fingerprint density at radius 2 is 1.94 bits per heavy atom. The fourth-order valence-electron chi connectivity index (χ4n) is 3.86. The Labute approximate surface area is 203 Å². The molecule has 0 aliphatic carbocycles. The first kappa shape index (κ1) is 24.8. The lowest BCUT2D eigenvalue weighted by Gasteiger charge is -2.37. The molecule has 1 aliphatic rings. The van der Waals surface area contributed by atoms with E-state index in [1.807, 2.05) is 24.3 Å². The van der Waals surface area contributed by atoms with Gasteiger partial charge in [0.05, 0.1) is 30.9 Å². The zero-order valence-corrected chi connectivity index (χ0v) is 19.7. The van der Waals surface area contributed by atoms with Gasteiger partial charge in [-0.25, -0.2) is 4.85 Å². The van der Waals surface area contributed by atoms with Crippen molar-refractivity contribution in [2.45, 2.75) is 25.0 Å². The second-order valence-electron chi connectivity index (χ2n) is 7.91. The molecule has 33 heavy (non-hydrogen) atoms. The van der Waals surface area contributed by atoms with Gasteiger partial charge in [0.15, 0.2) is 17.3 Å². The number of hydrogen-bond donors (Lipinski definition) is 3. The van der Waals surface area contributed by atoms with E-state index in [0.717, 1.165) is 16.3 Å². The van der Waals surface area contributed by atoms with Gasteiger partial charge in [-0.1, -0.05) is 29.8 Å².